The molecule has 2 heterocycles. The van der Waals surface area contributed by atoms with Gasteiger partial charge in [-0.05, 0) is 62.1 Å². The summed E-state index contributed by atoms with van der Waals surface area (Å²) in [5, 5.41) is 3.06. The van der Waals surface area contributed by atoms with Crippen molar-refractivity contribution in [3.63, 3.8) is 0 Å². The molecule has 1 amide bonds. The number of ether oxygens (including phenoxy) is 1. The predicted octanol–water partition coefficient (Wildman–Crippen LogP) is 3.93. The molecule has 0 spiro atoms. The molecule has 1 saturated heterocycles. The molecule has 2 aliphatic heterocycles. The number of hydrogen-bond donors (Lipinski definition) is 1. The molecule has 1 aliphatic carbocycles. The van der Waals surface area contributed by atoms with Gasteiger partial charge in [0.25, 0.3) is 0 Å². The lowest BCUT2D eigenvalue weighted by Gasteiger charge is -2.40. The second-order valence-corrected chi connectivity index (χ2v) is 8.10. The third-order valence-corrected chi connectivity index (χ3v) is 6.32. The molecule has 0 bridgehead atoms. The molecule has 0 radical (unpaired) electrons. The fraction of sp³-hybridized carbons (Fsp3) is 0.667. The highest BCUT2D eigenvalue weighted by Crippen LogP contribution is 2.34. The monoisotopic (exact) mass is 342 g/mol. The number of hydrogen-bond acceptors (Lipinski definition) is 3. The van der Waals surface area contributed by atoms with E-state index in [0.717, 1.165) is 49.9 Å². The number of nitrogens with zero attached hydrogens (tertiary/aromatic N) is 1. The van der Waals surface area contributed by atoms with E-state index in [-0.39, 0.29) is 5.91 Å². The Labute approximate surface area is 150 Å². The Hall–Kier alpha value is -1.55. The molecular formula is C21H30N2O2. The van der Waals surface area contributed by atoms with Gasteiger partial charge in [-0.1, -0.05) is 25.0 Å². The van der Waals surface area contributed by atoms with Crippen LogP contribution >= 0.6 is 0 Å². The number of amides is 1. The largest absolute Gasteiger partial charge is 0.491 e. The quantitative estimate of drug-likeness (QED) is 0.885. The average molecular weight is 342 g/mol. The minimum absolute atomic E-state index is 0.136. The number of benzene rings is 1. The van der Waals surface area contributed by atoms with Crippen LogP contribution in [0.4, 0.5) is 5.69 Å². The van der Waals surface area contributed by atoms with Gasteiger partial charge in [-0.15, -0.1) is 0 Å². The number of anilines is 1. The number of nitrogens with one attached hydrogen (secondary N) is 1. The third kappa shape index (κ3) is 4.17. The molecule has 2 atom stereocenters. The molecule has 0 aromatic heterocycles. The minimum atomic E-state index is 0.136. The smallest absolute Gasteiger partial charge is 0.224 e. The lowest BCUT2D eigenvalue weighted by atomic mass is 9.80. The summed E-state index contributed by atoms with van der Waals surface area (Å²) in [5.41, 5.74) is 0.810. The van der Waals surface area contributed by atoms with Crippen LogP contribution in [0.5, 0.6) is 5.75 Å². The first-order chi connectivity index (χ1) is 12.3. The van der Waals surface area contributed by atoms with E-state index in [4.69, 9.17) is 4.74 Å². The van der Waals surface area contributed by atoms with Gasteiger partial charge in [0.1, 0.15) is 5.75 Å². The molecule has 4 nitrogen and oxygen atoms in total. The fourth-order valence-corrected chi connectivity index (χ4v) is 4.93. The van der Waals surface area contributed by atoms with Crippen LogP contribution < -0.4 is 10.1 Å². The number of carbonyl (C=O) groups is 1. The molecule has 1 N–H and O–H groups in total. The first-order valence-electron chi connectivity index (χ1n) is 10.0. The summed E-state index contributed by atoms with van der Waals surface area (Å²) in [6.45, 7) is 4.30. The molecule has 1 saturated carbocycles. The maximum absolute atomic E-state index is 12.5. The van der Waals surface area contributed by atoms with Crippen LogP contribution in [-0.4, -0.2) is 37.0 Å². The first-order valence-corrected chi connectivity index (χ1v) is 10.0. The van der Waals surface area contributed by atoms with Crippen LogP contribution in [0.15, 0.2) is 24.3 Å². The maximum atomic E-state index is 12.5. The number of fused-ring (bicyclic) bond motifs is 2. The summed E-state index contributed by atoms with van der Waals surface area (Å²) in [6, 6.07) is 7.78. The second-order valence-electron chi connectivity index (χ2n) is 8.10. The van der Waals surface area contributed by atoms with Crippen molar-refractivity contribution >= 4 is 11.6 Å². The van der Waals surface area contributed by atoms with E-state index in [0.29, 0.717) is 18.3 Å². The molecule has 2 fully saturated rings. The van der Waals surface area contributed by atoms with Gasteiger partial charge in [0, 0.05) is 19.5 Å². The van der Waals surface area contributed by atoms with E-state index in [2.05, 4.69) is 10.2 Å². The Balaban J connectivity index is 1.41. The molecular weight excluding hydrogens is 312 g/mol. The van der Waals surface area contributed by atoms with E-state index < -0.39 is 0 Å². The summed E-state index contributed by atoms with van der Waals surface area (Å²) in [7, 11) is 0. The van der Waals surface area contributed by atoms with E-state index in [1.165, 1.54) is 32.2 Å². The van der Waals surface area contributed by atoms with Crippen molar-refractivity contribution in [2.24, 2.45) is 17.8 Å². The molecule has 0 unspecified atom stereocenters. The molecule has 1 aromatic rings. The molecule has 4 rings (SSSR count). The van der Waals surface area contributed by atoms with Crippen LogP contribution in [-0.2, 0) is 4.79 Å². The van der Waals surface area contributed by atoms with E-state index in [1.54, 1.807) is 0 Å². The zero-order valence-electron chi connectivity index (χ0n) is 15.1. The van der Waals surface area contributed by atoms with Gasteiger partial charge in [-0.25, -0.2) is 0 Å². The summed E-state index contributed by atoms with van der Waals surface area (Å²) in [6.07, 6.45) is 8.49. The Morgan fingerprint density at radius 3 is 2.80 bits per heavy atom. The Bertz CT molecular complexity index is 597. The number of piperidine rings is 1. The van der Waals surface area contributed by atoms with Crippen molar-refractivity contribution in [3.8, 4) is 5.75 Å². The second kappa shape index (κ2) is 7.77. The standard InChI is InChI=1S/C21H30N2O2/c24-21-13-17-9-11-23(14-16-5-1-2-6-16)15-18(17)10-12-25-20-8-4-3-7-19(20)22-21/h3-4,7-8,16-18H,1-2,5-6,9-15H2,(H,22,24)/t17-,18-/m0/s1. The van der Waals surface area contributed by atoms with Crippen LogP contribution in [0.3, 0.4) is 0 Å². The molecule has 25 heavy (non-hydrogen) atoms. The van der Waals surface area contributed by atoms with Crippen molar-refractivity contribution in [2.45, 2.75) is 44.9 Å². The third-order valence-electron chi connectivity index (χ3n) is 6.32. The van der Waals surface area contributed by atoms with Crippen molar-refractivity contribution in [2.75, 3.05) is 31.6 Å². The molecule has 136 valence electrons. The van der Waals surface area contributed by atoms with Crippen molar-refractivity contribution < 1.29 is 9.53 Å². The van der Waals surface area contributed by atoms with Gasteiger partial charge < -0.3 is 15.0 Å². The van der Waals surface area contributed by atoms with Gasteiger partial charge in [0.2, 0.25) is 5.91 Å². The lowest BCUT2D eigenvalue weighted by molar-refractivity contribution is -0.118. The van der Waals surface area contributed by atoms with Crippen molar-refractivity contribution in [1.82, 2.24) is 4.90 Å². The lowest BCUT2D eigenvalue weighted by Crippen LogP contribution is -2.44. The molecule has 4 heteroatoms. The van der Waals surface area contributed by atoms with Gasteiger partial charge in [-0.3, -0.25) is 4.79 Å². The van der Waals surface area contributed by atoms with E-state index in [9.17, 15) is 4.79 Å². The van der Waals surface area contributed by atoms with Gasteiger partial charge >= 0.3 is 0 Å². The van der Waals surface area contributed by atoms with Crippen molar-refractivity contribution in [3.05, 3.63) is 24.3 Å². The zero-order chi connectivity index (χ0) is 17.1. The van der Waals surface area contributed by atoms with Crippen LogP contribution in [0.2, 0.25) is 0 Å². The van der Waals surface area contributed by atoms with Gasteiger partial charge in [0.05, 0.1) is 12.3 Å². The van der Waals surface area contributed by atoms with Gasteiger partial charge in [-0.2, -0.15) is 0 Å². The SMILES string of the molecule is O=C1C[C@@H]2CCN(CC3CCCC3)C[C@@H]2CCOc2ccccc2N1. The summed E-state index contributed by atoms with van der Waals surface area (Å²) in [4.78, 5) is 15.2. The highest BCUT2D eigenvalue weighted by Gasteiger charge is 2.32. The van der Waals surface area contributed by atoms with E-state index >= 15 is 0 Å². The summed E-state index contributed by atoms with van der Waals surface area (Å²) in [5.74, 6) is 2.91. The number of likely N-dealkylation sites (tertiary alicyclic amines) is 1. The zero-order valence-corrected chi connectivity index (χ0v) is 15.1. The van der Waals surface area contributed by atoms with Crippen LogP contribution in [0.1, 0.15) is 44.9 Å². The summed E-state index contributed by atoms with van der Waals surface area (Å²) >= 11 is 0. The van der Waals surface area contributed by atoms with Gasteiger partial charge in [0.15, 0.2) is 0 Å². The fourth-order valence-electron chi connectivity index (χ4n) is 4.93. The first kappa shape index (κ1) is 16.9. The van der Waals surface area contributed by atoms with Crippen LogP contribution in [0, 0.1) is 17.8 Å². The number of para-hydroxylation sites is 2. The highest BCUT2D eigenvalue weighted by molar-refractivity contribution is 5.92. The molecule has 3 aliphatic rings. The highest BCUT2D eigenvalue weighted by atomic mass is 16.5. The Morgan fingerprint density at radius 2 is 1.92 bits per heavy atom. The maximum Gasteiger partial charge on any atom is 0.224 e. The Kier molecular flexibility index (Phi) is 5.25. The van der Waals surface area contributed by atoms with Crippen LogP contribution in [0.25, 0.3) is 0 Å². The average Bonchev–Trinajstić information content (AvgIpc) is 3.11. The Morgan fingerprint density at radius 1 is 1.08 bits per heavy atom. The topological polar surface area (TPSA) is 41.6 Å². The minimum Gasteiger partial charge on any atom is -0.491 e. The summed E-state index contributed by atoms with van der Waals surface area (Å²) < 4.78 is 6.00. The predicted molar refractivity (Wildman–Crippen MR) is 99.8 cm³/mol. The number of rotatable bonds is 2. The normalized spacial score (nSPS) is 28.6. The molecule has 1 aromatic carbocycles. The van der Waals surface area contributed by atoms with Crippen molar-refractivity contribution in [1.29, 1.82) is 0 Å². The van der Waals surface area contributed by atoms with E-state index in [1.807, 2.05) is 24.3 Å². The number of carbonyl (C=O) groups excluding carboxylic acids is 1.